The Bertz CT molecular complexity index is 2030. The van der Waals surface area contributed by atoms with Crippen molar-refractivity contribution < 1.29 is 0 Å². The minimum atomic E-state index is 1.11. The van der Waals surface area contributed by atoms with Crippen LogP contribution in [0.3, 0.4) is 0 Å². The summed E-state index contributed by atoms with van der Waals surface area (Å²) in [5, 5.41) is 0. The van der Waals surface area contributed by atoms with Crippen molar-refractivity contribution in [2.45, 2.75) is 25.7 Å². The van der Waals surface area contributed by atoms with Crippen LogP contribution in [0.25, 0.3) is 23.3 Å². The van der Waals surface area contributed by atoms with Gasteiger partial charge in [-0.2, -0.15) is 0 Å². The number of rotatable bonds is 9. The number of nitrogens with zero attached hydrogens (tertiary/aromatic N) is 1. The normalized spacial score (nSPS) is 12.0. The molecule has 0 amide bonds. The van der Waals surface area contributed by atoms with Crippen LogP contribution in [-0.2, 0) is 12.8 Å². The van der Waals surface area contributed by atoms with E-state index >= 15 is 0 Å². The molecule has 0 spiro atoms. The van der Waals surface area contributed by atoms with E-state index in [0.717, 1.165) is 24.2 Å². The number of anilines is 3. The molecule has 0 aromatic heterocycles. The van der Waals surface area contributed by atoms with Gasteiger partial charge in [-0.1, -0.05) is 158 Å². The Balaban J connectivity index is 1.19. The second-order valence-corrected chi connectivity index (χ2v) is 13.2. The molecule has 0 atom stereocenters. The van der Waals surface area contributed by atoms with E-state index in [2.05, 4.69) is 205 Å². The van der Waals surface area contributed by atoms with E-state index in [0.29, 0.717) is 0 Å². The van der Waals surface area contributed by atoms with E-state index in [4.69, 9.17) is 0 Å². The standard InChI is InChI=1S/C50H41N/c1-5-16-41(17-6-1)48(42-18-7-2-8-19-42)36-38-28-32-45(33-29-38)51(50-27-15-25-40-24-13-14-26-47(40)50)46-34-30-39(31-35-46)37-49(43-20-9-3-10-21-43)44-22-11-4-12-23-44/h1-12,15-23,25,27-37H,13-14,24,26H2. The van der Waals surface area contributed by atoms with E-state index in [1.165, 1.54) is 74.2 Å². The van der Waals surface area contributed by atoms with Crippen LogP contribution in [0.2, 0.25) is 0 Å². The van der Waals surface area contributed by atoms with Crippen LogP contribution < -0.4 is 4.90 Å². The molecule has 8 rings (SSSR count). The van der Waals surface area contributed by atoms with Gasteiger partial charge in [0.25, 0.3) is 0 Å². The maximum atomic E-state index is 2.45. The van der Waals surface area contributed by atoms with E-state index < -0.39 is 0 Å². The third-order valence-corrected chi connectivity index (χ3v) is 9.88. The summed E-state index contributed by atoms with van der Waals surface area (Å²) in [4.78, 5) is 2.45. The van der Waals surface area contributed by atoms with Gasteiger partial charge in [0, 0.05) is 17.1 Å². The Morgan fingerprint density at radius 1 is 0.373 bits per heavy atom. The summed E-state index contributed by atoms with van der Waals surface area (Å²) in [5.41, 5.74) is 16.2. The van der Waals surface area contributed by atoms with Crippen LogP contribution in [0.15, 0.2) is 188 Å². The quantitative estimate of drug-likeness (QED) is 0.140. The highest BCUT2D eigenvalue weighted by Gasteiger charge is 2.20. The minimum Gasteiger partial charge on any atom is -0.310 e. The van der Waals surface area contributed by atoms with Gasteiger partial charge in [0.1, 0.15) is 0 Å². The molecule has 1 aliphatic rings. The van der Waals surface area contributed by atoms with Gasteiger partial charge in [0.05, 0.1) is 0 Å². The lowest BCUT2D eigenvalue weighted by molar-refractivity contribution is 0.686. The first-order chi connectivity index (χ1) is 25.3. The molecule has 246 valence electrons. The maximum absolute atomic E-state index is 2.45. The Hall–Kier alpha value is -6.18. The molecule has 0 unspecified atom stereocenters. The van der Waals surface area contributed by atoms with Crippen LogP contribution in [0.4, 0.5) is 17.1 Å². The van der Waals surface area contributed by atoms with Gasteiger partial charge < -0.3 is 4.90 Å². The molecule has 1 nitrogen and oxygen atoms in total. The second-order valence-electron chi connectivity index (χ2n) is 13.2. The lowest BCUT2D eigenvalue weighted by atomic mass is 9.89. The van der Waals surface area contributed by atoms with E-state index in [-0.39, 0.29) is 0 Å². The van der Waals surface area contributed by atoms with Crippen LogP contribution in [0, 0.1) is 0 Å². The maximum Gasteiger partial charge on any atom is 0.0496 e. The fourth-order valence-corrected chi connectivity index (χ4v) is 7.31. The molecule has 0 N–H and O–H groups in total. The molecule has 0 heterocycles. The number of benzene rings is 7. The Labute approximate surface area is 302 Å². The zero-order valence-corrected chi connectivity index (χ0v) is 28.8. The van der Waals surface area contributed by atoms with Crippen LogP contribution >= 0.6 is 0 Å². The van der Waals surface area contributed by atoms with Crippen LogP contribution in [0.1, 0.15) is 57.3 Å². The summed E-state index contributed by atoms with van der Waals surface area (Å²) >= 11 is 0. The first kappa shape index (κ1) is 32.0. The van der Waals surface area contributed by atoms with Gasteiger partial charge in [-0.05, 0) is 124 Å². The van der Waals surface area contributed by atoms with Crippen molar-refractivity contribution in [3.63, 3.8) is 0 Å². The first-order valence-electron chi connectivity index (χ1n) is 18.1. The molecular formula is C50H41N. The van der Waals surface area contributed by atoms with Gasteiger partial charge in [0.2, 0.25) is 0 Å². The summed E-state index contributed by atoms with van der Waals surface area (Å²) in [5.74, 6) is 0. The third kappa shape index (κ3) is 7.25. The summed E-state index contributed by atoms with van der Waals surface area (Å²) < 4.78 is 0. The van der Waals surface area contributed by atoms with Gasteiger partial charge >= 0.3 is 0 Å². The number of hydrogen-bond acceptors (Lipinski definition) is 1. The summed E-state index contributed by atoms with van der Waals surface area (Å²) in [6.45, 7) is 0. The predicted molar refractivity (Wildman–Crippen MR) is 217 cm³/mol. The topological polar surface area (TPSA) is 3.24 Å². The fourth-order valence-electron chi connectivity index (χ4n) is 7.31. The van der Waals surface area contributed by atoms with Gasteiger partial charge in [0.15, 0.2) is 0 Å². The SMILES string of the molecule is C(=C(c1ccccc1)c1ccccc1)c1ccc(N(c2ccc(C=C(c3ccccc3)c3ccccc3)cc2)c2cccc3c2CCCC3)cc1. The average Bonchev–Trinajstić information content (AvgIpc) is 3.21. The summed E-state index contributed by atoms with van der Waals surface area (Å²) in [6, 6.07) is 67.7. The molecule has 1 aliphatic carbocycles. The first-order valence-corrected chi connectivity index (χ1v) is 18.1. The number of hydrogen-bond donors (Lipinski definition) is 0. The molecular weight excluding hydrogens is 615 g/mol. The van der Waals surface area contributed by atoms with Gasteiger partial charge in [-0.25, -0.2) is 0 Å². The zero-order chi connectivity index (χ0) is 34.2. The Kier molecular flexibility index (Phi) is 9.52. The number of fused-ring (bicyclic) bond motifs is 1. The largest absolute Gasteiger partial charge is 0.310 e. The summed E-state index contributed by atoms with van der Waals surface area (Å²) in [7, 11) is 0. The molecule has 7 aromatic rings. The van der Waals surface area contributed by atoms with Crippen LogP contribution in [-0.4, -0.2) is 0 Å². The van der Waals surface area contributed by atoms with Crippen molar-refractivity contribution in [1.82, 2.24) is 0 Å². The van der Waals surface area contributed by atoms with Crippen molar-refractivity contribution in [3.8, 4) is 0 Å². The molecule has 0 saturated carbocycles. The third-order valence-electron chi connectivity index (χ3n) is 9.88. The highest BCUT2D eigenvalue weighted by Crippen LogP contribution is 2.40. The predicted octanol–water partition coefficient (Wildman–Crippen LogP) is 13.2. The van der Waals surface area contributed by atoms with E-state index in [1.807, 2.05) is 0 Å². The Morgan fingerprint density at radius 3 is 1.18 bits per heavy atom. The molecule has 1 heteroatoms. The van der Waals surface area contributed by atoms with Crippen molar-refractivity contribution in [3.05, 3.63) is 233 Å². The molecule has 0 radical (unpaired) electrons. The second kappa shape index (κ2) is 15.2. The molecule has 7 aromatic carbocycles. The monoisotopic (exact) mass is 655 g/mol. The lowest BCUT2D eigenvalue weighted by Gasteiger charge is -2.30. The highest BCUT2D eigenvalue weighted by molar-refractivity contribution is 5.93. The molecule has 0 aliphatic heterocycles. The molecule has 0 saturated heterocycles. The molecule has 0 bridgehead atoms. The Morgan fingerprint density at radius 2 is 0.765 bits per heavy atom. The fraction of sp³-hybridized carbons (Fsp3) is 0.0800. The zero-order valence-electron chi connectivity index (χ0n) is 28.8. The van der Waals surface area contributed by atoms with E-state index in [1.54, 1.807) is 0 Å². The van der Waals surface area contributed by atoms with Crippen molar-refractivity contribution in [2.24, 2.45) is 0 Å². The van der Waals surface area contributed by atoms with Crippen molar-refractivity contribution in [2.75, 3.05) is 4.90 Å². The van der Waals surface area contributed by atoms with Crippen molar-refractivity contribution >= 4 is 40.4 Å². The van der Waals surface area contributed by atoms with Gasteiger partial charge in [-0.3, -0.25) is 0 Å². The molecule has 51 heavy (non-hydrogen) atoms. The van der Waals surface area contributed by atoms with Crippen molar-refractivity contribution in [1.29, 1.82) is 0 Å². The average molecular weight is 656 g/mol. The smallest absolute Gasteiger partial charge is 0.0496 e. The lowest BCUT2D eigenvalue weighted by Crippen LogP contribution is -2.15. The number of aryl methyl sites for hydroxylation is 1. The minimum absolute atomic E-state index is 1.11. The van der Waals surface area contributed by atoms with E-state index in [9.17, 15) is 0 Å². The highest BCUT2D eigenvalue weighted by atomic mass is 15.1. The molecule has 0 fully saturated rings. The van der Waals surface area contributed by atoms with Crippen LogP contribution in [0.5, 0.6) is 0 Å². The van der Waals surface area contributed by atoms with Gasteiger partial charge in [-0.15, -0.1) is 0 Å². The summed E-state index contributed by atoms with van der Waals surface area (Å²) in [6.07, 6.45) is 9.36.